The van der Waals surface area contributed by atoms with E-state index in [0.717, 1.165) is 11.7 Å². The monoisotopic (exact) mass is 341 g/mol. The third-order valence-corrected chi connectivity index (χ3v) is 5.98. The quantitative estimate of drug-likeness (QED) is 0.874. The normalized spacial score (nSPS) is 22.7. The number of carboxylic acid groups (broad SMARTS) is 1. The average molecular weight is 341 g/mol. The second-order valence-corrected chi connectivity index (χ2v) is 7.62. The van der Waals surface area contributed by atoms with E-state index < -0.39 is 21.9 Å². The molecule has 2 atom stereocenters. The van der Waals surface area contributed by atoms with E-state index in [4.69, 9.17) is 5.11 Å². The predicted octanol–water partition coefficient (Wildman–Crippen LogP) is 1.61. The second kappa shape index (κ2) is 5.90. The summed E-state index contributed by atoms with van der Waals surface area (Å²) in [5.74, 6) is -1.35. The highest BCUT2D eigenvalue weighted by Gasteiger charge is 2.30. The fraction of sp³-hybridized carbons (Fsp3) is 0.462. The Kier molecular flexibility index (Phi) is 4.11. The Morgan fingerprint density at radius 2 is 2.14 bits per heavy atom. The standard InChI is InChI=1S/C13H15N3O4S2/c17-13(18)8-3-1-4-9(7-8)16-22(19,20)11-6-2-5-10-12(11)15-21-14-10/h2,5-6,8-9,16H,1,3-4,7H2,(H,17,18). The van der Waals surface area contributed by atoms with Gasteiger partial charge in [0.2, 0.25) is 10.0 Å². The molecule has 9 heteroatoms. The van der Waals surface area contributed by atoms with Crippen molar-refractivity contribution in [3.05, 3.63) is 18.2 Å². The molecule has 3 rings (SSSR count). The van der Waals surface area contributed by atoms with Crippen LogP contribution in [0.2, 0.25) is 0 Å². The van der Waals surface area contributed by atoms with Crippen molar-refractivity contribution >= 4 is 38.8 Å². The first-order valence-electron chi connectivity index (χ1n) is 6.94. The van der Waals surface area contributed by atoms with E-state index in [1.165, 1.54) is 6.07 Å². The van der Waals surface area contributed by atoms with Crippen LogP contribution in [0.25, 0.3) is 11.0 Å². The van der Waals surface area contributed by atoms with Gasteiger partial charge in [-0.15, -0.1) is 0 Å². The van der Waals surface area contributed by atoms with Gasteiger partial charge in [0.1, 0.15) is 15.9 Å². The molecule has 0 spiro atoms. The fourth-order valence-corrected chi connectivity index (χ4v) is 4.85. The number of nitrogens with zero attached hydrogens (tertiary/aromatic N) is 2. The zero-order chi connectivity index (χ0) is 15.7. The van der Waals surface area contributed by atoms with Crippen LogP contribution in [0.15, 0.2) is 23.1 Å². The molecule has 2 aromatic rings. The van der Waals surface area contributed by atoms with Crippen LogP contribution in [0.3, 0.4) is 0 Å². The van der Waals surface area contributed by atoms with Gasteiger partial charge in [0, 0.05) is 6.04 Å². The van der Waals surface area contributed by atoms with E-state index in [0.29, 0.717) is 36.7 Å². The van der Waals surface area contributed by atoms with Crippen molar-refractivity contribution in [2.75, 3.05) is 0 Å². The lowest BCUT2D eigenvalue weighted by atomic mass is 9.86. The molecule has 0 saturated heterocycles. The lowest BCUT2D eigenvalue weighted by molar-refractivity contribution is -0.143. The van der Waals surface area contributed by atoms with Gasteiger partial charge in [-0.2, -0.15) is 8.75 Å². The summed E-state index contributed by atoms with van der Waals surface area (Å²) >= 11 is 0.964. The Labute approximate surface area is 131 Å². The molecule has 2 unspecified atom stereocenters. The van der Waals surface area contributed by atoms with E-state index in [1.54, 1.807) is 12.1 Å². The van der Waals surface area contributed by atoms with Gasteiger partial charge < -0.3 is 5.11 Å². The van der Waals surface area contributed by atoms with Crippen LogP contribution in [0, 0.1) is 5.92 Å². The topological polar surface area (TPSA) is 109 Å². The maximum atomic E-state index is 12.6. The molecule has 0 amide bonds. The number of fused-ring (bicyclic) bond motifs is 1. The van der Waals surface area contributed by atoms with Crippen LogP contribution in [0.1, 0.15) is 25.7 Å². The first kappa shape index (κ1) is 15.3. The zero-order valence-corrected chi connectivity index (χ0v) is 13.2. The van der Waals surface area contributed by atoms with Gasteiger partial charge in [-0.05, 0) is 31.4 Å². The molecular weight excluding hydrogens is 326 g/mol. The maximum absolute atomic E-state index is 12.6. The van der Waals surface area contributed by atoms with Crippen LogP contribution in [0.5, 0.6) is 0 Å². The summed E-state index contributed by atoms with van der Waals surface area (Å²) in [7, 11) is -3.74. The summed E-state index contributed by atoms with van der Waals surface area (Å²) in [6.07, 6.45) is 2.26. The molecule has 0 aliphatic heterocycles. The minimum Gasteiger partial charge on any atom is -0.481 e. The third kappa shape index (κ3) is 2.96. The van der Waals surface area contributed by atoms with Crippen molar-refractivity contribution in [3.8, 4) is 0 Å². The van der Waals surface area contributed by atoms with Crippen molar-refractivity contribution in [3.63, 3.8) is 0 Å². The number of nitrogens with one attached hydrogen (secondary N) is 1. The van der Waals surface area contributed by atoms with Crippen molar-refractivity contribution < 1.29 is 18.3 Å². The molecule has 2 N–H and O–H groups in total. The predicted molar refractivity (Wildman–Crippen MR) is 81.1 cm³/mol. The summed E-state index contributed by atoms with van der Waals surface area (Å²) in [6, 6.07) is 4.46. The van der Waals surface area contributed by atoms with Crippen LogP contribution in [-0.2, 0) is 14.8 Å². The molecule has 1 aliphatic carbocycles. The van der Waals surface area contributed by atoms with Gasteiger partial charge in [-0.25, -0.2) is 13.1 Å². The Hall–Kier alpha value is -1.58. The fourth-order valence-electron chi connectivity index (χ4n) is 2.80. The van der Waals surface area contributed by atoms with E-state index in [-0.39, 0.29) is 10.9 Å². The number of rotatable bonds is 4. The summed E-state index contributed by atoms with van der Waals surface area (Å²) < 4.78 is 35.8. The van der Waals surface area contributed by atoms with Gasteiger partial charge in [0.25, 0.3) is 0 Å². The highest BCUT2D eigenvalue weighted by atomic mass is 32.2. The van der Waals surface area contributed by atoms with Crippen molar-refractivity contribution in [1.82, 2.24) is 13.5 Å². The van der Waals surface area contributed by atoms with Crippen LogP contribution in [-0.4, -0.2) is 34.3 Å². The van der Waals surface area contributed by atoms with E-state index in [1.807, 2.05) is 0 Å². The van der Waals surface area contributed by atoms with Crippen LogP contribution >= 0.6 is 11.7 Å². The Morgan fingerprint density at radius 3 is 2.91 bits per heavy atom. The molecule has 1 saturated carbocycles. The average Bonchev–Trinajstić information content (AvgIpc) is 2.95. The Balaban J connectivity index is 1.84. The molecule has 1 aromatic carbocycles. The summed E-state index contributed by atoms with van der Waals surface area (Å²) in [5, 5.41) is 9.09. The van der Waals surface area contributed by atoms with Gasteiger partial charge in [0.15, 0.2) is 0 Å². The Bertz CT molecular complexity index is 802. The number of sulfonamides is 1. The van der Waals surface area contributed by atoms with Gasteiger partial charge in [-0.3, -0.25) is 4.79 Å². The number of aromatic nitrogens is 2. The smallest absolute Gasteiger partial charge is 0.306 e. The number of carboxylic acids is 1. The minimum absolute atomic E-state index is 0.0937. The number of hydrogen-bond donors (Lipinski definition) is 2. The first-order valence-corrected chi connectivity index (χ1v) is 9.15. The highest BCUT2D eigenvalue weighted by Crippen LogP contribution is 2.27. The van der Waals surface area contributed by atoms with E-state index in [9.17, 15) is 13.2 Å². The molecule has 0 radical (unpaired) electrons. The lowest BCUT2D eigenvalue weighted by Crippen LogP contribution is -2.39. The largest absolute Gasteiger partial charge is 0.481 e. The lowest BCUT2D eigenvalue weighted by Gasteiger charge is -2.27. The summed E-state index contributed by atoms with van der Waals surface area (Å²) in [5.41, 5.74) is 0.894. The minimum atomic E-state index is -3.74. The maximum Gasteiger partial charge on any atom is 0.306 e. The molecule has 1 heterocycles. The SMILES string of the molecule is O=C(O)C1CCCC(NS(=O)(=O)c2cccc3nsnc23)C1. The molecule has 1 aliphatic rings. The van der Waals surface area contributed by atoms with E-state index in [2.05, 4.69) is 13.5 Å². The van der Waals surface area contributed by atoms with Gasteiger partial charge in [-0.1, -0.05) is 12.5 Å². The zero-order valence-electron chi connectivity index (χ0n) is 11.6. The summed E-state index contributed by atoms with van der Waals surface area (Å²) in [4.78, 5) is 11.2. The molecule has 22 heavy (non-hydrogen) atoms. The second-order valence-electron chi connectivity index (χ2n) is 5.41. The van der Waals surface area contributed by atoms with Crippen LogP contribution in [0.4, 0.5) is 0 Å². The van der Waals surface area contributed by atoms with E-state index >= 15 is 0 Å². The van der Waals surface area contributed by atoms with Crippen molar-refractivity contribution in [1.29, 1.82) is 0 Å². The molecule has 1 aromatic heterocycles. The molecule has 7 nitrogen and oxygen atoms in total. The Morgan fingerprint density at radius 1 is 1.32 bits per heavy atom. The number of hydrogen-bond acceptors (Lipinski definition) is 6. The third-order valence-electron chi connectivity index (χ3n) is 3.88. The van der Waals surface area contributed by atoms with Gasteiger partial charge >= 0.3 is 5.97 Å². The van der Waals surface area contributed by atoms with Crippen LogP contribution < -0.4 is 4.72 Å². The van der Waals surface area contributed by atoms with Crippen molar-refractivity contribution in [2.24, 2.45) is 5.92 Å². The number of benzene rings is 1. The van der Waals surface area contributed by atoms with Crippen molar-refractivity contribution in [2.45, 2.75) is 36.6 Å². The molecule has 1 fully saturated rings. The molecule has 0 bridgehead atoms. The highest BCUT2D eigenvalue weighted by molar-refractivity contribution is 7.89. The number of carbonyl (C=O) groups is 1. The molecular formula is C13H15N3O4S2. The summed E-state index contributed by atoms with van der Waals surface area (Å²) in [6.45, 7) is 0. The molecule has 118 valence electrons. The van der Waals surface area contributed by atoms with Gasteiger partial charge in [0.05, 0.1) is 17.6 Å². The number of aliphatic carboxylic acids is 1. The first-order chi connectivity index (χ1) is 10.5.